The van der Waals surface area contributed by atoms with Crippen LogP contribution in [-0.2, 0) is 6.42 Å². The second-order valence-electron chi connectivity index (χ2n) is 3.97. The van der Waals surface area contributed by atoms with Crippen molar-refractivity contribution in [3.05, 3.63) is 53.2 Å². The zero-order chi connectivity index (χ0) is 12.8. The summed E-state index contributed by atoms with van der Waals surface area (Å²) in [5, 5.41) is 0.391. The summed E-state index contributed by atoms with van der Waals surface area (Å²) < 4.78 is 5.52. The molecule has 3 nitrogen and oxygen atoms in total. The Morgan fingerprint density at radius 1 is 1.11 bits per heavy atom. The van der Waals surface area contributed by atoms with Gasteiger partial charge in [0.2, 0.25) is 5.88 Å². The molecule has 0 radical (unpaired) electrons. The van der Waals surface area contributed by atoms with Crippen molar-refractivity contribution in [3.63, 3.8) is 0 Å². The van der Waals surface area contributed by atoms with Crippen molar-refractivity contribution < 1.29 is 4.74 Å². The lowest BCUT2D eigenvalue weighted by atomic mass is 10.1. The van der Waals surface area contributed by atoms with Crippen molar-refractivity contribution in [2.45, 2.75) is 12.8 Å². The number of hydrogen-bond acceptors (Lipinski definition) is 3. The SMILES string of the molecule is Nc1ccc(Cl)nc1OCCCc1ccccc1. The van der Waals surface area contributed by atoms with Crippen molar-refractivity contribution in [1.82, 2.24) is 4.98 Å². The smallest absolute Gasteiger partial charge is 0.238 e. The fraction of sp³-hybridized carbons (Fsp3) is 0.214. The van der Waals surface area contributed by atoms with E-state index < -0.39 is 0 Å². The number of ether oxygens (including phenoxy) is 1. The second kappa shape index (κ2) is 6.26. The Hall–Kier alpha value is -1.74. The fourth-order valence-corrected chi connectivity index (χ4v) is 1.77. The molecule has 0 atom stereocenters. The number of aromatic nitrogens is 1. The summed E-state index contributed by atoms with van der Waals surface area (Å²) in [6.45, 7) is 0.576. The van der Waals surface area contributed by atoms with Crippen LogP contribution in [-0.4, -0.2) is 11.6 Å². The molecule has 0 aliphatic rings. The maximum Gasteiger partial charge on any atom is 0.238 e. The standard InChI is InChI=1S/C14H15ClN2O/c15-13-9-8-12(16)14(17-13)18-10-4-7-11-5-2-1-3-6-11/h1-3,5-6,8-9H,4,7,10,16H2. The maximum absolute atomic E-state index is 5.78. The molecule has 4 heteroatoms. The first-order valence-corrected chi connectivity index (χ1v) is 6.22. The molecule has 0 amide bonds. The van der Waals surface area contributed by atoms with E-state index in [1.54, 1.807) is 12.1 Å². The highest BCUT2D eigenvalue weighted by Gasteiger charge is 2.03. The number of hydrogen-bond donors (Lipinski definition) is 1. The second-order valence-corrected chi connectivity index (χ2v) is 4.35. The normalized spacial score (nSPS) is 10.3. The highest BCUT2D eigenvalue weighted by molar-refractivity contribution is 6.29. The van der Waals surface area contributed by atoms with Crippen LogP contribution in [0.4, 0.5) is 5.69 Å². The predicted molar refractivity (Wildman–Crippen MR) is 73.9 cm³/mol. The van der Waals surface area contributed by atoms with Gasteiger partial charge in [-0.3, -0.25) is 0 Å². The number of pyridine rings is 1. The van der Waals surface area contributed by atoms with Crippen molar-refractivity contribution in [3.8, 4) is 5.88 Å². The summed E-state index contributed by atoms with van der Waals surface area (Å²) in [6.07, 6.45) is 1.89. The van der Waals surface area contributed by atoms with Gasteiger partial charge in [0.15, 0.2) is 0 Å². The van der Waals surface area contributed by atoms with Crippen LogP contribution in [0.5, 0.6) is 5.88 Å². The molecule has 94 valence electrons. The molecule has 0 spiro atoms. The maximum atomic E-state index is 5.78. The lowest BCUT2D eigenvalue weighted by Gasteiger charge is -2.07. The Labute approximate surface area is 112 Å². The number of benzene rings is 1. The summed E-state index contributed by atoms with van der Waals surface area (Å²) in [4.78, 5) is 4.04. The molecule has 0 aliphatic carbocycles. The highest BCUT2D eigenvalue weighted by Crippen LogP contribution is 2.20. The van der Waals surface area contributed by atoms with Gasteiger partial charge in [0.05, 0.1) is 12.3 Å². The van der Waals surface area contributed by atoms with Crippen molar-refractivity contribution in [2.24, 2.45) is 0 Å². The van der Waals surface area contributed by atoms with Gasteiger partial charge < -0.3 is 10.5 Å². The Bertz CT molecular complexity index is 502. The summed E-state index contributed by atoms with van der Waals surface area (Å²) in [5.74, 6) is 0.413. The van der Waals surface area contributed by atoms with E-state index in [0.29, 0.717) is 23.3 Å². The largest absolute Gasteiger partial charge is 0.476 e. The van der Waals surface area contributed by atoms with E-state index in [4.69, 9.17) is 22.1 Å². The molecule has 0 unspecified atom stereocenters. The Morgan fingerprint density at radius 3 is 2.67 bits per heavy atom. The van der Waals surface area contributed by atoms with Crippen LogP contribution in [0.25, 0.3) is 0 Å². The van der Waals surface area contributed by atoms with E-state index in [0.717, 1.165) is 12.8 Å². The molecule has 0 fully saturated rings. The van der Waals surface area contributed by atoms with Gasteiger partial charge in [0, 0.05) is 0 Å². The third kappa shape index (κ3) is 3.64. The Morgan fingerprint density at radius 2 is 1.89 bits per heavy atom. The molecule has 1 heterocycles. The molecule has 1 aromatic heterocycles. The first-order chi connectivity index (χ1) is 8.75. The van der Waals surface area contributed by atoms with Gasteiger partial charge >= 0.3 is 0 Å². The lowest BCUT2D eigenvalue weighted by Crippen LogP contribution is -2.03. The van der Waals surface area contributed by atoms with Crippen LogP contribution in [0.15, 0.2) is 42.5 Å². The topological polar surface area (TPSA) is 48.1 Å². The fourth-order valence-electron chi connectivity index (χ4n) is 1.63. The molecule has 0 aliphatic heterocycles. The van der Waals surface area contributed by atoms with Gasteiger partial charge in [0.25, 0.3) is 0 Å². The first-order valence-electron chi connectivity index (χ1n) is 5.84. The van der Waals surface area contributed by atoms with Gasteiger partial charge in [-0.2, -0.15) is 4.98 Å². The van der Waals surface area contributed by atoms with E-state index in [9.17, 15) is 0 Å². The molecule has 0 saturated heterocycles. The van der Waals surface area contributed by atoms with E-state index in [2.05, 4.69) is 17.1 Å². The molecular weight excluding hydrogens is 248 g/mol. The third-order valence-electron chi connectivity index (χ3n) is 2.55. The van der Waals surface area contributed by atoms with Crippen LogP contribution in [0, 0.1) is 0 Å². The number of halogens is 1. The molecule has 0 bridgehead atoms. The minimum absolute atomic E-state index is 0.391. The molecule has 2 N–H and O–H groups in total. The van der Waals surface area contributed by atoms with Gasteiger partial charge in [-0.15, -0.1) is 0 Å². The van der Waals surface area contributed by atoms with E-state index >= 15 is 0 Å². The van der Waals surface area contributed by atoms with Crippen LogP contribution in [0.3, 0.4) is 0 Å². The molecular formula is C14H15ClN2O. The molecule has 18 heavy (non-hydrogen) atoms. The zero-order valence-electron chi connectivity index (χ0n) is 9.97. The van der Waals surface area contributed by atoms with Crippen LogP contribution in [0.2, 0.25) is 5.15 Å². The minimum atomic E-state index is 0.391. The van der Waals surface area contributed by atoms with Gasteiger partial charge in [-0.1, -0.05) is 41.9 Å². The molecule has 2 aromatic rings. The average molecular weight is 263 g/mol. The van der Waals surface area contributed by atoms with Gasteiger partial charge in [0.1, 0.15) is 5.15 Å². The van der Waals surface area contributed by atoms with Gasteiger partial charge in [-0.25, -0.2) is 0 Å². The van der Waals surface area contributed by atoms with E-state index in [-0.39, 0.29) is 0 Å². The predicted octanol–water partition coefficient (Wildman–Crippen LogP) is 3.33. The van der Waals surface area contributed by atoms with Gasteiger partial charge in [-0.05, 0) is 30.5 Å². The monoisotopic (exact) mass is 262 g/mol. The summed E-state index contributed by atoms with van der Waals surface area (Å²) >= 11 is 5.78. The van der Waals surface area contributed by atoms with Crippen LogP contribution < -0.4 is 10.5 Å². The number of anilines is 1. The minimum Gasteiger partial charge on any atom is -0.476 e. The molecule has 0 saturated carbocycles. The quantitative estimate of drug-likeness (QED) is 0.664. The van der Waals surface area contributed by atoms with Crippen molar-refractivity contribution in [2.75, 3.05) is 12.3 Å². The average Bonchev–Trinajstić information content (AvgIpc) is 2.40. The number of aryl methyl sites for hydroxylation is 1. The highest BCUT2D eigenvalue weighted by atomic mass is 35.5. The van der Waals surface area contributed by atoms with Crippen molar-refractivity contribution >= 4 is 17.3 Å². The Balaban J connectivity index is 1.80. The van der Waals surface area contributed by atoms with Crippen LogP contribution >= 0.6 is 11.6 Å². The molecule has 2 rings (SSSR count). The summed E-state index contributed by atoms with van der Waals surface area (Å²) in [6, 6.07) is 13.6. The zero-order valence-corrected chi connectivity index (χ0v) is 10.7. The lowest BCUT2D eigenvalue weighted by molar-refractivity contribution is 0.301. The Kier molecular flexibility index (Phi) is 4.42. The molecule has 1 aromatic carbocycles. The first kappa shape index (κ1) is 12.7. The van der Waals surface area contributed by atoms with Crippen LogP contribution in [0.1, 0.15) is 12.0 Å². The van der Waals surface area contributed by atoms with Crippen molar-refractivity contribution in [1.29, 1.82) is 0 Å². The number of rotatable bonds is 5. The van der Waals surface area contributed by atoms with E-state index in [1.165, 1.54) is 5.56 Å². The third-order valence-corrected chi connectivity index (χ3v) is 2.76. The number of nitrogens with two attached hydrogens (primary N) is 1. The number of nitrogens with zero attached hydrogens (tertiary/aromatic N) is 1. The number of nitrogen functional groups attached to an aromatic ring is 1. The summed E-state index contributed by atoms with van der Waals surface area (Å²) in [5.41, 5.74) is 7.55. The van der Waals surface area contributed by atoms with E-state index in [1.807, 2.05) is 18.2 Å². The summed E-state index contributed by atoms with van der Waals surface area (Å²) in [7, 11) is 0.